The number of anilines is 1. The second kappa shape index (κ2) is 11.3. The number of carbonyl (C=O) groups is 2. The minimum atomic E-state index is -0.681. The van der Waals surface area contributed by atoms with Crippen LogP contribution in [-0.2, 0) is 9.59 Å². The summed E-state index contributed by atoms with van der Waals surface area (Å²) in [4.78, 5) is 24.2. The molecule has 3 aromatic rings. The number of thioether (sulfide) groups is 1. The van der Waals surface area contributed by atoms with E-state index in [-0.39, 0.29) is 35.1 Å². The number of methoxy groups -OCH3 is 1. The number of hydrogen-bond donors (Lipinski definition) is 2. The predicted molar refractivity (Wildman–Crippen MR) is 120 cm³/mol. The fraction of sp³-hybridized carbons (Fsp3) is 0.273. The number of nitrogens with zero attached hydrogens (tertiary/aromatic N) is 2. The number of ether oxygens (including phenoxy) is 2. The molecule has 0 saturated heterocycles. The van der Waals surface area contributed by atoms with Crippen LogP contribution in [0.4, 0.5) is 10.1 Å². The van der Waals surface area contributed by atoms with E-state index in [4.69, 9.17) is 13.9 Å². The molecule has 0 saturated carbocycles. The summed E-state index contributed by atoms with van der Waals surface area (Å²) < 4.78 is 29.9. The first-order chi connectivity index (χ1) is 15.9. The van der Waals surface area contributed by atoms with Gasteiger partial charge in [0.15, 0.2) is 17.7 Å². The quantitative estimate of drug-likeness (QED) is 0.429. The number of aromatic nitrogens is 2. The number of nitrogens with one attached hydrogen (secondary N) is 2. The van der Waals surface area contributed by atoms with E-state index in [1.807, 2.05) is 13.0 Å². The van der Waals surface area contributed by atoms with Crippen LogP contribution in [-0.4, -0.2) is 41.4 Å². The first-order valence-electron chi connectivity index (χ1n) is 9.94. The number of amides is 2. The van der Waals surface area contributed by atoms with Crippen LogP contribution < -0.4 is 20.1 Å². The van der Waals surface area contributed by atoms with Crippen molar-refractivity contribution in [1.29, 1.82) is 0 Å². The Balaban J connectivity index is 1.44. The highest BCUT2D eigenvalue weighted by atomic mass is 32.2. The Bertz CT molecular complexity index is 1120. The monoisotopic (exact) mass is 474 g/mol. The molecule has 11 heteroatoms. The van der Waals surface area contributed by atoms with E-state index in [1.54, 1.807) is 31.2 Å². The van der Waals surface area contributed by atoms with Gasteiger partial charge in [0, 0.05) is 0 Å². The first kappa shape index (κ1) is 24.1. The van der Waals surface area contributed by atoms with E-state index in [0.29, 0.717) is 11.4 Å². The van der Waals surface area contributed by atoms with E-state index >= 15 is 0 Å². The lowest BCUT2D eigenvalue weighted by Gasteiger charge is -2.11. The molecule has 2 N–H and O–H groups in total. The standard InChI is InChI=1S/C22H23FN4O5S/c1-13-8-9-18(30-3)16(10-13)25-19(28)11-24-20(29)12-33-22-27-26-21(32-22)14(2)31-17-7-5-4-6-15(17)23/h4-10,14H,11-12H2,1-3H3,(H,24,29)(H,25,28). The number of aryl methyl sites for hydroxylation is 1. The van der Waals surface area contributed by atoms with E-state index < -0.39 is 17.8 Å². The fourth-order valence-electron chi connectivity index (χ4n) is 2.70. The van der Waals surface area contributed by atoms with Gasteiger partial charge in [-0.25, -0.2) is 4.39 Å². The third-order valence-corrected chi connectivity index (χ3v) is 5.13. The van der Waals surface area contributed by atoms with Crippen molar-refractivity contribution in [1.82, 2.24) is 15.5 Å². The lowest BCUT2D eigenvalue weighted by Crippen LogP contribution is -2.34. The molecular weight excluding hydrogens is 451 g/mol. The number of rotatable bonds is 10. The molecule has 1 heterocycles. The van der Waals surface area contributed by atoms with Crippen LogP contribution in [0.2, 0.25) is 0 Å². The first-order valence-corrected chi connectivity index (χ1v) is 10.9. The maximum Gasteiger partial charge on any atom is 0.277 e. The average molecular weight is 475 g/mol. The summed E-state index contributed by atoms with van der Waals surface area (Å²) in [7, 11) is 1.51. The van der Waals surface area contributed by atoms with Crippen LogP contribution >= 0.6 is 11.8 Å². The highest BCUT2D eigenvalue weighted by Gasteiger charge is 2.18. The molecule has 1 unspecified atom stereocenters. The zero-order chi connectivity index (χ0) is 23.8. The van der Waals surface area contributed by atoms with Gasteiger partial charge in [0.1, 0.15) is 5.75 Å². The van der Waals surface area contributed by atoms with Crippen molar-refractivity contribution in [2.24, 2.45) is 0 Å². The zero-order valence-corrected chi connectivity index (χ0v) is 19.1. The molecule has 3 rings (SSSR count). The van der Waals surface area contributed by atoms with Gasteiger partial charge in [0.25, 0.3) is 11.1 Å². The summed E-state index contributed by atoms with van der Waals surface area (Å²) in [5.74, 6) is -0.578. The molecule has 0 spiro atoms. The Morgan fingerprint density at radius 2 is 1.94 bits per heavy atom. The van der Waals surface area contributed by atoms with Crippen LogP contribution in [0.3, 0.4) is 0 Å². The molecule has 174 valence electrons. The molecule has 1 aromatic heterocycles. The second-order valence-corrected chi connectivity index (χ2v) is 7.84. The minimum absolute atomic E-state index is 0.0365. The Morgan fingerprint density at radius 3 is 2.70 bits per heavy atom. The third kappa shape index (κ3) is 6.94. The van der Waals surface area contributed by atoms with Crippen molar-refractivity contribution >= 4 is 29.3 Å². The normalized spacial score (nSPS) is 11.5. The van der Waals surface area contributed by atoms with Gasteiger partial charge < -0.3 is 24.5 Å². The Morgan fingerprint density at radius 1 is 1.15 bits per heavy atom. The van der Waals surface area contributed by atoms with E-state index in [2.05, 4.69) is 20.8 Å². The molecule has 0 aliphatic carbocycles. The largest absolute Gasteiger partial charge is 0.495 e. The summed E-state index contributed by atoms with van der Waals surface area (Å²) >= 11 is 1.01. The van der Waals surface area contributed by atoms with Crippen molar-refractivity contribution < 1.29 is 27.9 Å². The van der Waals surface area contributed by atoms with Crippen LogP contribution in [0.1, 0.15) is 24.5 Å². The van der Waals surface area contributed by atoms with Gasteiger partial charge >= 0.3 is 0 Å². The summed E-state index contributed by atoms with van der Waals surface area (Å²) in [6.45, 7) is 3.33. The van der Waals surface area contributed by atoms with E-state index in [1.165, 1.54) is 19.2 Å². The van der Waals surface area contributed by atoms with Crippen LogP contribution in [0.5, 0.6) is 11.5 Å². The smallest absolute Gasteiger partial charge is 0.277 e. The second-order valence-electron chi connectivity index (χ2n) is 6.91. The van der Waals surface area contributed by atoms with Gasteiger partial charge in [-0.2, -0.15) is 0 Å². The fourth-order valence-corrected chi connectivity index (χ4v) is 3.29. The maximum absolute atomic E-state index is 13.7. The predicted octanol–water partition coefficient (Wildman–Crippen LogP) is 3.51. The number of benzene rings is 2. The topological polar surface area (TPSA) is 116 Å². The van der Waals surface area contributed by atoms with Crippen molar-refractivity contribution in [3.63, 3.8) is 0 Å². The van der Waals surface area contributed by atoms with Crippen LogP contribution in [0, 0.1) is 12.7 Å². The highest BCUT2D eigenvalue weighted by molar-refractivity contribution is 7.99. The van der Waals surface area contributed by atoms with Crippen LogP contribution in [0.15, 0.2) is 52.1 Å². The molecule has 2 amide bonds. The lowest BCUT2D eigenvalue weighted by atomic mass is 10.2. The molecule has 1 atom stereocenters. The zero-order valence-electron chi connectivity index (χ0n) is 18.3. The van der Waals surface area contributed by atoms with Crippen molar-refractivity contribution in [2.45, 2.75) is 25.2 Å². The average Bonchev–Trinajstić information content (AvgIpc) is 3.27. The molecule has 0 aliphatic rings. The molecule has 0 radical (unpaired) electrons. The number of carbonyl (C=O) groups excluding carboxylic acids is 2. The van der Waals surface area contributed by atoms with Gasteiger partial charge in [-0.15, -0.1) is 10.2 Å². The summed E-state index contributed by atoms with van der Waals surface area (Å²) in [5, 5.41) is 13.1. The van der Waals surface area contributed by atoms with Crippen molar-refractivity contribution in [3.05, 3.63) is 59.7 Å². The number of hydrogen-bond acceptors (Lipinski definition) is 8. The maximum atomic E-state index is 13.7. The van der Waals surface area contributed by atoms with Gasteiger partial charge in [-0.05, 0) is 43.7 Å². The number of halogens is 1. The minimum Gasteiger partial charge on any atom is -0.495 e. The lowest BCUT2D eigenvalue weighted by molar-refractivity contribution is -0.122. The Kier molecular flexibility index (Phi) is 8.25. The van der Waals surface area contributed by atoms with Crippen LogP contribution in [0.25, 0.3) is 0 Å². The molecule has 0 bridgehead atoms. The SMILES string of the molecule is COc1ccc(C)cc1NC(=O)CNC(=O)CSc1nnc(C(C)Oc2ccccc2F)o1. The molecule has 2 aromatic carbocycles. The van der Waals surface area contributed by atoms with Gasteiger partial charge in [-0.3, -0.25) is 9.59 Å². The Hall–Kier alpha value is -3.60. The molecular formula is C22H23FN4O5S. The summed E-state index contributed by atoms with van der Waals surface area (Å²) in [5.41, 5.74) is 1.48. The van der Waals surface area contributed by atoms with Crippen molar-refractivity contribution in [2.75, 3.05) is 24.7 Å². The summed E-state index contributed by atoms with van der Waals surface area (Å²) in [6, 6.07) is 11.4. The van der Waals surface area contributed by atoms with Gasteiger partial charge in [0.2, 0.25) is 11.8 Å². The number of para-hydroxylation sites is 1. The molecule has 9 nitrogen and oxygen atoms in total. The molecule has 33 heavy (non-hydrogen) atoms. The van der Waals surface area contributed by atoms with E-state index in [0.717, 1.165) is 17.3 Å². The van der Waals surface area contributed by atoms with Gasteiger partial charge in [0.05, 0.1) is 25.1 Å². The van der Waals surface area contributed by atoms with Gasteiger partial charge in [-0.1, -0.05) is 30.0 Å². The highest BCUT2D eigenvalue weighted by Crippen LogP contribution is 2.26. The summed E-state index contributed by atoms with van der Waals surface area (Å²) in [6.07, 6.45) is -0.681. The third-order valence-electron chi connectivity index (χ3n) is 4.31. The van der Waals surface area contributed by atoms with Crippen molar-refractivity contribution in [3.8, 4) is 11.5 Å². The Labute approximate surface area is 194 Å². The van der Waals surface area contributed by atoms with E-state index in [9.17, 15) is 14.0 Å². The molecule has 0 fully saturated rings. The molecule has 0 aliphatic heterocycles.